The van der Waals surface area contributed by atoms with Crippen LogP contribution in [0.5, 0.6) is 0 Å². The number of anilines is 1. The van der Waals surface area contributed by atoms with Crippen LogP contribution >= 0.6 is 39.1 Å². The Morgan fingerprint density at radius 2 is 2.00 bits per heavy atom. The zero-order valence-electron chi connectivity index (χ0n) is 10.5. The van der Waals surface area contributed by atoms with E-state index in [1.165, 1.54) is 0 Å². The fourth-order valence-corrected chi connectivity index (χ4v) is 3.01. The van der Waals surface area contributed by atoms with E-state index in [0.29, 0.717) is 10.0 Å². The molecule has 0 aliphatic carbocycles. The number of nitrogens with zero attached hydrogens (tertiary/aromatic N) is 2. The summed E-state index contributed by atoms with van der Waals surface area (Å²) in [6, 6.07) is 5.79. The second-order valence-electron chi connectivity index (χ2n) is 5.50. The molecule has 2 nitrogen and oxygen atoms in total. The molecule has 0 amide bonds. The Labute approximate surface area is 126 Å². The third-order valence-corrected chi connectivity index (χ3v) is 4.05. The van der Waals surface area contributed by atoms with E-state index < -0.39 is 0 Å². The molecule has 0 spiro atoms. The highest BCUT2D eigenvalue weighted by Crippen LogP contribution is 2.39. The minimum Gasteiger partial charge on any atom is -0.259 e. The van der Waals surface area contributed by atoms with Crippen molar-refractivity contribution < 1.29 is 0 Å². The zero-order chi connectivity index (χ0) is 13.5. The van der Waals surface area contributed by atoms with Crippen molar-refractivity contribution in [3.05, 3.63) is 28.2 Å². The molecule has 98 valence electrons. The van der Waals surface area contributed by atoms with Gasteiger partial charge < -0.3 is 0 Å². The van der Waals surface area contributed by atoms with Crippen LogP contribution in [0, 0.1) is 5.41 Å². The molecule has 1 aliphatic rings. The van der Waals surface area contributed by atoms with Crippen molar-refractivity contribution in [1.82, 2.24) is 0 Å². The molecule has 0 aromatic heterocycles. The van der Waals surface area contributed by atoms with Gasteiger partial charge in [-0.05, 0) is 39.5 Å². The largest absolute Gasteiger partial charge is 0.259 e. The number of hydrazone groups is 1. The highest BCUT2D eigenvalue weighted by Gasteiger charge is 2.36. The van der Waals surface area contributed by atoms with Gasteiger partial charge in [-0.3, -0.25) is 5.01 Å². The molecular weight excluding hydrogens is 335 g/mol. The van der Waals surface area contributed by atoms with Crippen LogP contribution in [-0.4, -0.2) is 10.7 Å². The molecule has 0 saturated heterocycles. The molecule has 1 unspecified atom stereocenters. The normalized spacial score (nSPS) is 20.2. The van der Waals surface area contributed by atoms with Crippen molar-refractivity contribution in [2.45, 2.75) is 33.2 Å². The fourth-order valence-electron chi connectivity index (χ4n) is 2.04. The molecule has 5 heteroatoms. The number of halogens is 3. The maximum atomic E-state index is 6.26. The Bertz CT molecular complexity index is 494. The minimum absolute atomic E-state index is 0.113. The van der Waals surface area contributed by atoms with Gasteiger partial charge in [-0.1, -0.05) is 44.0 Å². The summed E-state index contributed by atoms with van der Waals surface area (Å²) >= 11 is 15.7. The van der Waals surface area contributed by atoms with Gasteiger partial charge >= 0.3 is 0 Å². The van der Waals surface area contributed by atoms with Gasteiger partial charge in [0.25, 0.3) is 0 Å². The first-order valence-electron chi connectivity index (χ1n) is 5.76. The zero-order valence-corrected chi connectivity index (χ0v) is 13.6. The van der Waals surface area contributed by atoms with Gasteiger partial charge in [0.05, 0.1) is 16.8 Å². The molecular formula is C13H15BrCl2N2. The van der Waals surface area contributed by atoms with E-state index in [1.807, 2.05) is 17.1 Å². The SMILES string of the molecule is CC(C)(C)C1CC(Br)=NN1c1ccc(Cl)cc1Cl. The van der Waals surface area contributed by atoms with Crippen LogP contribution in [-0.2, 0) is 0 Å². The fraction of sp³-hybridized carbons (Fsp3) is 0.462. The molecule has 18 heavy (non-hydrogen) atoms. The third kappa shape index (κ3) is 2.84. The lowest BCUT2D eigenvalue weighted by Gasteiger charge is -2.34. The lowest BCUT2D eigenvalue weighted by atomic mass is 9.85. The summed E-state index contributed by atoms with van der Waals surface area (Å²) in [7, 11) is 0. The standard InChI is InChI=1S/C13H15BrCl2N2/c1-13(2,3)11-7-12(14)17-18(11)10-5-4-8(15)6-9(10)16/h4-6,11H,7H2,1-3H3. The quantitative estimate of drug-likeness (QED) is 0.669. The van der Waals surface area contributed by atoms with Gasteiger partial charge in [0, 0.05) is 11.4 Å². The number of rotatable bonds is 1. The molecule has 0 saturated carbocycles. The monoisotopic (exact) mass is 348 g/mol. The van der Waals surface area contributed by atoms with Crippen molar-refractivity contribution in [2.24, 2.45) is 10.5 Å². The molecule has 0 radical (unpaired) electrons. The average molecular weight is 350 g/mol. The van der Waals surface area contributed by atoms with E-state index in [4.69, 9.17) is 23.2 Å². The second kappa shape index (κ2) is 5.03. The number of hydrogen-bond donors (Lipinski definition) is 0. The third-order valence-electron chi connectivity index (χ3n) is 3.03. The van der Waals surface area contributed by atoms with Crippen LogP contribution in [0.25, 0.3) is 0 Å². The lowest BCUT2D eigenvalue weighted by molar-refractivity contribution is 0.321. The highest BCUT2D eigenvalue weighted by molar-refractivity contribution is 9.18. The molecule has 0 N–H and O–H groups in total. The van der Waals surface area contributed by atoms with Crippen LogP contribution in [0.4, 0.5) is 5.69 Å². The van der Waals surface area contributed by atoms with Crippen molar-refractivity contribution in [2.75, 3.05) is 5.01 Å². The number of hydrogen-bond acceptors (Lipinski definition) is 2. The van der Waals surface area contributed by atoms with Crippen LogP contribution in [0.2, 0.25) is 10.0 Å². The highest BCUT2D eigenvalue weighted by atomic mass is 79.9. The Balaban J connectivity index is 2.41. The van der Waals surface area contributed by atoms with Crippen molar-refractivity contribution in [3.8, 4) is 0 Å². The Hall–Kier alpha value is -0.250. The topological polar surface area (TPSA) is 15.6 Å². The van der Waals surface area contributed by atoms with E-state index in [0.717, 1.165) is 16.7 Å². The van der Waals surface area contributed by atoms with Gasteiger partial charge in [0.2, 0.25) is 0 Å². The maximum absolute atomic E-state index is 6.26. The van der Waals surface area contributed by atoms with E-state index in [9.17, 15) is 0 Å². The molecule has 1 aromatic rings. The smallest absolute Gasteiger partial charge is 0.106 e. The summed E-state index contributed by atoms with van der Waals surface area (Å²) in [4.78, 5) is 0. The van der Waals surface area contributed by atoms with Gasteiger partial charge in [0.15, 0.2) is 0 Å². The van der Waals surface area contributed by atoms with Crippen LogP contribution in [0.1, 0.15) is 27.2 Å². The predicted octanol–water partition coefficient (Wildman–Crippen LogP) is 5.33. The van der Waals surface area contributed by atoms with Crippen LogP contribution in [0.3, 0.4) is 0 Å². The molecule has 0 bridgehead atoms. The Morgan fingerprint density at radius 3 is 2.56 bits per heavy atom. The first-order valence-corrected chi connectivity index (χ1v) is 7.31. The molecule has 1 atom stereocenters. The van der Waals surface area contributed by atoms with Gasteiger partial charge in [-0.2, -0.15) is 5.10 Å². The lowest BCUT2D eigenvalue weighted by Crippen LogP contribution is -2.38. The Morgan fingerprint density at radius 1 is 1.33 bits per heavy atom. The minimum atomic E-state index is 0.113. The van der Waals surface area contributed by atoms with Crippen molar-refractivity contribution in [3.63, 3.8) is 0 Å². The maximum Gasteiger partial charge on any atom is 0.106 e. The van der Waals surface area contributed by atoms with Crippen molar-refractivity contribution >= 4 is 49.4 Å². The average Bonchev–Trinajstić information content (AvgIpc) is 2.59. The summed E-state index contributed by atoms with van der Waals surface area (Å²) in [5.74, 6) is 0. The van der Waals surface area contributed by atoms with Crippen molar-refractivity contribution in [1.29, 1.82) is 0 Å². The van der Waals surface area contributed by atoms with Crippen LogP contribution in [0.15, 0.2) is 23.3 Å². The molecule has 1 aliphatic heterocycles. The van der Waals surface area contributed by atoms with E-state index in [-0.39, 0.29) is 11.5 Å². The molecule has 1 heterocycles. The van der Waals surface area contributed by atoms with Gasteiger partial charge in [-0.25, -0.2) is 0 Å². The molecule has 0 fully saturated rings. The van der Waals surface area contributed by atoms with E-state index >= 15 is 0 Å². The number of benzene rings is 1. The summed E-state index contributed by atoms with van der Waals surface area (Å²) in [6.45, 7) is 6.61. The molecule has 2 rings (SSSR count). The Kier molecular flexibility index (Phi) is 3.96. The van der Waals surface area contributed by atoms with Crippen LogP contribution < -0.4 is 5.01 Å². The first-order chi connectivity index (χ1) is 8.29. The van der Waals surface area contributed by atoms with E-state index in [2.05, 4.69) is 41.8 Å². The summed E-state index contributed by atoms with van der Waals surface area (Å²) in [6.07, 6.45) is 0.891. The predicted molar refractivity (Wildman–Crippen MR) is 83.2 cm³/mol. The van der Waals surface area contributed by atoms with Gasteiger partial charge in [-0.15, -0.1) is 0 Å². The van der Waals surface area contributed by atoms with Gasteiger partial charge in [0.1, 0.15) is 4.62 Å². The van der Waals surface area contributed by atoms with E-state index in [1.54, 1.807) is 6.07 Å². The summed E-state index contributed by atoms with van der Waals surface area (Å²) in [5, 5.41) is 7.79. The molecule has 1 aromatic carbocycles. The second-order valence-corrected chi connectivity index (χ2v) is 7.26. The summed E-state index contributed by atoms with van der Waals surface area (Å²) < 4.78 is 0.952. The first kappa shape index (κ1) is 14.2. The summed E-state index contributed by atoms with van der Waals surface area (Å²) in [5.41, 5.74) is 1.01.